The first-order valence-electron chi connectivity index (χ1n) is 4.02. The molecule has 0 amide bonds. The first-order chi connectivity index (χ1) is 5.92. The number of rotatable bonds is 2. The number of benzene rings is 1. The molecule has 0 aliphatic rings. The molecule has 1 aromatic heterocycles. The quantitative estimate of drug-likeness (QED) is 0.716. The summed E-state index contributed by atoms with van der Waals surface area (Å²) in [6.45, 7) is 2.67. The maximum Gasteiger partial charge on any atom is 0.143 e. The van der Waals surface area contributed by atoms with Gasteiger partial charge in [-0.2, -0.15) is 0 Å². The van der Waals surface area contributed by atoms with Crippen LogP contribution in [0.1, 0.15) is 6.92 Å². The molecule has 1 aromatic carbocycles. The van der Waals surface area contributed by atoms with E-state index < -0.39 is 0 Å². The summed E-state index contributed by atoms with van der Waals surface area (Å²) in [6, 6.07) is 8.90. The first kappa shape index (κ1) is 7.22. The van der Waals surface area contributed by atoms with Gasteiger partial charge in [0, 0.05) is 11.6 Å². The molecule has 2 rings (SSSR count). The van der Waals surface area contributed by atoms with Crippen molar-refractivity contribution in [3.8, 4) is 5.75 Å². The SMILES string of the molecule is CCOc1cc[c]c2cc[nH]c12. The van der Waals surface area contributed by atoms with E-state index in [1.165, 1.54) is 0 Å². The van der Waals surface area contributed by atoms with Crippen molar-refractivity contribution in [1.82, 2.24) is 4.98 Å². The molecule has 0 atom stereocenters. The standard InChI is InChI=1S/C10H10NO/c1-2-12-9-5-3-4-8-6-7-11-10(8)9/h3,5-7,11H,2H2,1H3. The van der Waals surface area contributed by atoms with Crippen LogP contribution in [0.2, 0.25) is 0 Å². The van der Waals surface area contributed by atoms with E-state index in [0.29, 0.717) is 6.61 Å². The van der Waals surface area contributed by atoms with Crippen molar-refractivity contribution in [2.24, 2.45) is 0 Å². The molecule has 1 heterocycles. The van der Waals surface area contributed by atoms with Crippen LogP contribution >= 0.6 is 0 Å². The zero-order valence-electron chi connectivity index (χ0n) is 6.92. The lowest BCUT2D eigenvalue weighted by Gasteiger charge is -2.02. The van der Waals surface area contributed by atoms with Crippen LogP contribution in [0.5, 0.6) is 5.75 Å². The third-order valence-corrected chi connectivity index (χ3v) is 1.77. The summed E-state index contributed by atoms with van der Waals surface area (Å²) in [6.07, 6.45) is 1.89. The summed E-state index contributed by atoms with van der Waals surface area (Å²) in [4.78, 5) is 3.12. The molecule has 61 valence electrons. The van der Waals surface area contributed by atoms with Gasteiger partial charge in [-0.1, -0.05) is 0 Å². The molecule has 0 saturated heterocycles. The van der Waals surface area contributed by atoms with Crippen molar-refractivity contribution in [2.45, 2.75) is 6.92 Å². The number of nitrogens with one attached hydrogen (secondary N) is 1. The van der Waals surface area contributed by atoms with E-state index >= 15 is 0 Å². The van der Waals surface area contributed by atoms with E-state index in [2.05, 4.69) is 11.1 Å². The lowest BCUT2D eigenvalue weighted by atomic mass is 10.2. The molecule has 12 heavy (non-hydrogen) atoms. The normalized spacial score (nSPS) is 10.4. The fourth-order valence-corrected chi connectivity index (χ4v) is 1.26. The summed E-state index contributed by atoms with van der Waals surface area (Å²) >= 11 is 0. The van der Waals surface area contributed by atoms with Gasteiger partial charge in [-0.15, -0.1) is 0 Å². The van der Waals surface area contributed by atoms with Gasteiger partial charge in [0.25, 0.3) is 0 Å². The van der Waals surface area contributed by atoms with Gasteiger partial charge in [0.05, 0.1) is 12.1 Å². The second-order valence-electron chi connectivity index (χ2n) is 2.54. The monoisotopic (exact) mass is 160 g/mol. The number of ether oxygens (including phenoxy) is 1. The number of H-pyrrole nitrogens is 1. The van der Waals surface area contributed by atoms with E-state index in [-0.39, 0.29) is 0 Å². The van der Waals surface area contributed by atoms with Crippen LogP contribution in [0.3, 0.4) is 0 Å². The Labute approximate surface area is 71.2 Å². The zero-order valence-corrected chi connectivity index (χ0v) is 6.92. The zero-order chi connectivity index (χ0) is 8.39. The van der Waals surface area contributed by atoms with Crippen molar-refractivity contribution < 1.29 is 4.74 Å². The molecule has 0 bridgehead atoms. The van der Waals surface area contributed by atoms with Crippen molar-refractivity contribution in [2.75, 3.05) is 6.61 Å². The van der Waals surface area contributed by atoms with Gasteiger partial charge in [0.2, 0.25) is 0 Å². The topological polar surface area (TPSA) is 25.0 Å². The highest BCUT2D eigenvalue weighted by Crippen LogP contribution is 2.22. The van der Waals surface area contributed by atoms with E-state index in [1.807, 2.05) is 31.3 Å². The van der Waals surface area contributed by atoms with E-state index in [9.17, 15) is 0 Å². The maximum absolute atomic E-state index is 5.43. The molecular weight excluding hydrogens is 150 g/mol. The van der Waals surface area contributed by atoms with Gasteiger partial charge in [-0.25, -0.2) is 0 Å². The predicted molar refractivity (Wildman–Crippen MR) is 48.3 cm³/mol. The molecule has 1 N–H and O–H groups in total. The van der Waals surface area contributed by atoms with Crippen LogP contribution in [0.15, 0.2) is 24.4 Å². The van der Waals surface area contributed by atoms with Gasteiger partial charge >= 0.3 is 0 Å². The largest absolute Gasteiger partial charge is 0.492 e. The van der Waals surface area contributed by atoms with Crippen LogP contribution in [-0.4, -0.2) is 11.6 Å². The molecule has 0 aliphatic heterocycles. The molecule has 0 unspecified atom stereocenters. The van der Waals surface area contributed by atoms with Crippen LogP contribution in [0.4, 0.5) is 0 Å². The minimum absolute atomic E-state index is 0.693. The Morgan fingerprint density at radius 2 is 2.42 bits per heavy atom. The van der Waals surface area contributed by atoms with Gasteiger partial charge < -0.3 is 9.72 Å². The number of aromatic nitrogens is 1. The Morgan fingerprint density at radius 3 is 3.25 bits per heavy atom. The van der Waals surface area contributed by atoms with Crippen molar-refractivity contribution in [3.05, 3.63) is 30.5 Å². The number of hydrogen-bond donors (Lipinski definition) is 1. The minimum atomic E-state index is 0.693. The Morgan fingerprint density at radius 1 is 1.50 bits per heavy atom. The van der Waals surface area contributed by atoms with Gasteiger partial charge in [0.15, 0.2) is 0 Å². The van der Waals surface area contributed by atoms with Crippen LogP contribution in [-0.2, 0) is 0 Å². The van der Waals surface area contributed by atoms with Gasteiger partial charge in [-0.3, -0.25) is 0 Å². The Kier molecular flexibility index (Phi) is 1.74. The highest BCUT2D eigenvalue weighted by molar-refractivity contribution is 5.84. The van der Waals surface area contributed by atoms with Crippen molar-refractivity contribution in [3.63, 3.8) is 0 Å². The molecule has 0 spiro atoms. The summed E-state index contributed by atoms with van der Waals surface area (Å²) < 4.78 is 5.43. The van der Waals surface area contributed by atoms with Crippen LogP contribution in [0.25, 0.3) is 10.9 Å². The average molecular weight is 160 g/mol. The molecule has 0 fully saturated rings. The van der Waals surface area contributed by atoms with Crippen molar-refractivity contribution >= 4 is 10.9 Å². The van der Waals surface area contributed by atoms with Gasteiger partial charge in [0.1, 0.15) is 5.75 Å². The molecule has 0 saturated carbocycles. The third kappa shape index (κ3) is 1.05. The number of hydrogen-bond acceptors (Lipinski definition) is 1. The highest BCUT2D eigenvalue weighted by Gasteiger charge is 2.00. The summed E-state index contributed by atoms with van der Waals surface area (Å²) in [5.41, 5.74) is 1.03. The molecule has 2 aromatic rings. The second kappa shape index (κ2) is 2.89. The Bertz CT molecular complexity index is 378. The summed E-state index contributed by atoms with van der Waals surface area (Å²) in [5.74, 6) is 0.899. The maximum atomic E-state index is 5.43. The second-order valence-corrected chi connectivity index (χ2v) is 2.54. The Hall–Kier alpha value is -1.44. The van der Waals surface area contributed by atoms with E-state index in [4.69, 9.17) is 4.74 Å². The third-order valence-electron chi connectivity index (χ3n) is 1.77. The highest BCUT2D eigenvalue weighted by atomic mass is 16.5. The minimum Gasteiger partial charge on any atom is -0.492 e. The van der Waals surface area contributed by atoms with E-state index in [0.717, 1.165) is 16.7 Å². The lowest BCUT2D eigenvalue weighted by molar-refractivity contribution is 0.343. The van der Waals surface area contributed by atoms with Crippen LogP contribution < -0.4 is 4.74 Å². The average Bonchev–Trinajstić information content (AvgIpc) is 2.53. The fraction of sp³-hybridized carbons (Fsp3) is 0.200. The molecule has 2 nitrogen and oxygen atoms in total. The lowest BCUT2D eigenvalue weighted by Crippen LogP contribution is -1.91. The van der Waals surface area contributed by atoms with Gasteiger partial charge in [-0.05, 0) is 31.2 Å². The van der Waals surface area contributed by atoms with Crippen molar-refractivity contribution in [1.29, 1.82) is 0 Å². The molecule has 0 aliphatic carbocycles. The van der Waals surface area contributed by atoms with Crippen LogP contribution in [0, 0.1) is 6.07 Å². The summed E-state index contributed by atoms with van der Waals surface area (Å²) in [7, 11) is 0. The Balaban J connectivity index is 2.57. The van der Waals surface area contributed by atoms with E-state index in [1.54, 1.807) is 0 Å². The summed E-state index contributed by atoms with van der Waals surface area (Å²) in [5, 5.41) is 1.07. The molecule has 1 radical (unpaired) electrons. The number of fused-ring (bicyclic) bond motifs is 1. The fourth-order valence-electron chi connectivity index (χ4n) is 1.26. The number of aromatic amines is 1. The molecule has 2 heteroatoms. The molecular formula is C10H10NO. The smallest absolute Gasteiger partial charge is 0.143 e. The predicted octanol–water partition coefficient (Wildman–Crippen LogP) is 2.37. The first-order valence-corrected chi connectivity index (χ1v) is 4.02.